The Labute approximate surface area is 531 Å². The Balaban J connectivity index is 1.14. The third-order valence-electron chi connectivity index (χ3n) is 13.8. The smallest absolute Gasteiger partial charge is 0.326 e. The molecule has 516 valence electrons. The highest BCUT2D eigenvalue weighted by Crippen LogP contribution is 2.29. The van der Waals surface area contributed by atoms with Crippen LogP contribution in [0.3, 0.4) is 0 Å². The van der Waals surface area contributed by atoms with E-state index in [1.807, 2.05) is 42.5 Å². The van der Waals surface area contributed by atoms with Gasteiger partial charge in [0.25, 0.3) is 0 Å². The molecule has 30 heteroatoms. The minimum Gasteiger partial charge on any atom is -0.481 e. The van der Waals surface area contributed by atoms with E-state index in [0.29, 0.717) is 184 Å². The number of nitrogens with two attached hydrogens (primary N) is 1. The Morgan fingerprint density at radius 2 is 0.912 bits per heavy atom. The monoisotopic (exact) mass is 1300 g/mol. The summed E-state index contributed by atoms with van der Waals surface area (Å²) in [6, 6.07) is 8.59. The number of amides is 6. The number of rotatable bonds is 58. The second-order valence-corrected chi connectivity index (χ2v) is 21.0. The van der Waals surface area contributed by atoms with Crippen LogP contribution in [0.1, 0.15) is 63.4 Å². The highest BCUT2D eigenvalue weighted by Gasteiger charge is 2.30. The molecule has 0 radical (unpaired) electrons. The summed E-state index contributed by atoms with van der Waals surface area (Å²) >= 11 is 0. The largest absolute Gasteiger partial charge is 0.481 e. The maximum absolute atomic E-state index is 13.7. The van der Waals surface area contributed by atoms with Gasteiger partial charge in [0.15, 0.2) is 0 Å². The van der Waals surface area contributed by atoms with Gasteiger partial charge >= 0.3 is 23.9 Å². The molecule has 2 aromatic rings. The Kier molecular flexibility index (Phi) is 45.4. The Bertz CT molecular complexity index is 2340. The van der Waals surface area contributed by atoms with Crippen molar-refractivity contribution < 1.29 is 111 Å². The predicted octanol–water partition coefficient (Wildman–Crippen LogP) is 0.421. The van der Waals surface area contributed by atoms with Gasteiger partial charge in [-0.25, -0.2) is 14.4 Å². The Hall–Kier alpha value is -6.26. The van der Waals surface area contributed by atoms with E-state index in [2.05, 4.69) is 31.9 Å². The number of carboxylic acid groups (broad SMARTS) is 3. The normalized spacial score (nSPS) is 14.9. The number of hydrogen-bond acceptors (Lipinski definition) is 21. The van der Waals surface area contributed by atoms with Crippen LogP contribution in [0.4, 0.5) is 4.79 Å². The molecule has 6 amide bonds. The zero-order chi connectivity index (χ0) is 65.8. The van der Waals surface area contributed by atoms with Crippen molar-refractivity contribution in [1.82, 2.24) is 31.9 Å². The van der Waals surface area contributed by atoms with Crippen molar-refractivity contribution in [2.24, 2.45) is 17.6 Å². The molecule has 1 aliphatic rings. The summed E-state index contributed by atoms with van der Waals surface area (Å²) in [6.45, 7) is 10.4. The number of ether oxygens (including phenoxy) is 12. The lowest BCUT2D eigenvalue weighted by Crippen LogP contribution is -2.51. The average Bonchev–Trinajstić information content (AvgIpc) is 1.29. The molecule has 0 aromatic heterocycles. The van der Waals surface area contributed by atoms with Gasteiger partial charge in [-0.3, -0.25) is 24.0 Å². The van der Waals surface area contributed by atoms with E-state index in [4.69, 9.17) is 67.7 Å². The third-order valence-corrected chi connectivity index (χ3v) is 13.8. The minimum atomic E-state index is -1.54. The molecule has 1 fully saturated rings. The van der Waals surface area contributed by atoms with Crippen LogP contribution < -0.4 is 37.6 Å². The van der Waals surface area contributed by atoms with Crippen LogP contribution >= 0.6 is 0 Å². The predicted molar refractivity (Wildman–Crippen MR) is 328 cm³/mol. The molecular weight excluding hydrogens is 1200 g/mol. The Morgan fingerprint density at radius 1 is 0.462 bits per heavy atom. The zero-order valence-corrected chi connectivity index (χ0v) is 52.4. The van der Waals surface area contributed by atoms with E-state index < -0.39 is 66.7 Å². The zero-order valence-electron chi connectivity index (χ0n) is 52.4. The summed E-state index contributed by atoms with van der Waals surface area (Å²) in [6.07, 6.45) is 2.13. The molecule has 0 unspecified atom stereocenters. The molecule has 2 aromatic carbocycles. The molecule has 0 saturated heterocycles. The van der Waals surface area contributed by atoms with Crippen LogP contribution in [0, 0.1) is 11.8 Å². The number of carboxylic acids is 3. The van der Waals surface area contributed by atoms with Gasteiger partial charge in [-0.15, -0.1) is 0 Å². The third kappa shape index (κ3) is 41.1. The van der Waals surface area contributed by atoms with Gasteiger partial charge in [0.2, 0.25) is 23.6 Å². The van der Waals surface area contributed by atoms with Crippen LogP contribution in [-0.4, -0.2) is 266 Å². The van der Waals surface area contributed by atoms with Crippen molar-refractivity contribution in [3.05, 3.63) is 48.0 Å². The molecule has 3 atom stereocenters. The molecule has 3 rings (SSSR count). The van der Waals surface area contributed by atoms with Crippen LogP contribution in [0.25, 0.3) is 10.8 Å². The van der Waals surface area contributed by atoms with Crippen LogP contribution in [0.5, 0.6) is 0 Å². The van der Waals surface area contributed by atoms with Crippen molar-refractivity contribution in [3.63, 3.8) is 0 Å². The minimum absolute atomic E-state index is 0.0584. The molecule has 0 spiro atoms. The quantitative estimate of drug-likeness (QED) is 0.0401. The van der Waals surface area contributed by atoms with Gasteiger partial charge in [-0.05, 0) is 73.6 Å². The number of carbonyl (C=O) groups excluding carboxylic acids is 5. The van der Waals surface area contributed by atoms with Gasteiger partial charge < -0.3 is 110 Å². The molecule has 91 heavy (non-hydrogen) atoms. The van der Waals surface area contributed by atoms with E-state index in [1.165, 1.54) is 0 Å². The van der Waals surface area contributed by atoms with Crippen molar-refractivity contribution in [3.8, 4) is 0 Å². The van der Waals surface area contributed by atoms with E-state index in [1.54, 1.807) is 0 Å². The SMILES string of the molecule is NCCOCCOCCOCCOCCOCCOCCOCCOCCOCCOCCOCCNC(=O)COCC(=O)NCC1CCC(C(=O)N[C@@H](Cc2ccc3ccccc3c2)C(=O)NCCCC[C@H](NC(=O)N[C@@H](CCC(=O)O)C(=O)O)C(=O)O)CC1. The summed E-state index contributed by atoms with van der Waals surface area (Å²) in [5.74, 6) is -5.86. The van der Waals surface area contributed by atoms with Crippen molar-refractivity contribution in [1.29, 1.82) is 0 Å². The fraction of sp³-hybridized carbons (Fsp3) is 0.705. The molecule has 0 heterocycles. The van der Waals surface area contributed by atoms with Gasteiger partial charge in [0, 0.05) is 44.9 Å². The fourth-order valence-corrected chi connectivity index (χ4v) is 8.92. The first-order valence-corrected chi connectivity index (χ1v) is 31.2. The summed E-state index contributed by atoms with van der Waals surface area (Å²) in [5.41, 5.74) is 6.17. The van der Waals surface area contributed by atoms with Crippen molar-refractivity contribution >= 4 is 58.3 Å². The molecule has 0 bridgehead atoms. The fourth-order valence-electron chi connectivity index (χ4n) is 8.92. The number of fused-ring (bicyclic) bond motifs is 1. The summed E-state index contributed by atoms with van der Waals surface area (Å²) < 4.78 is 65.3. The highest BCUT2D eigenvalue weighted by molar-refractivity contribution is 5.89. The first-order valence-electron chi connectivity index (χ1n) is 31.2. The molecular formula is C61H99N7O23. The lowest BCUT2D eigenvalue weighted by molar-refractivity contribution is -0.141. The van der Waals surface area contributed by atoms with Gasteiger partial charge in [0.05, 0.1) is 145 Å². The molecule has 1 aliphatic carbocycles. The first-order chi connectivity index (χ1) is 44.2. The van der Waals surface area contributed by atoms with E-state index >= 15 is 0 Å². The first kappa shape index (κ1) is 79.0. The number of nitrogens with one attached hydrogen (secondary N) is 6. The Morgan fingerprint density at radius 3 is 1.38 bits per heavy atom. The summed E-state index contributed by atoms with van der Waals surface area (Å²) in [7, 11) is 0. The lowest BCUT2D eigenvalue weighted by Gasteiger charge is -2.29. The average molecular weight is 1300 g/mol. The maximum atomic E-state index is 13.7. The lowest BCUT2D eigenvalue weighted by atomic mass is 9.81. The van der Waals surface area contributed by atoms with Gasteiger partial charge in [-0.1, -0.05) is 42.5 Å². The number of benzene rings is 2. The highest BCUT2D eigenvalue weighted by atomic mass is 16.6. The number of carbonyl (C=O) groups is 8. The number of hydrogen-bond donors (Lipinski definition) is 10. The van der Waals surface area contributed by atoms with Crippen LogP contribution in [-0.2, 0) is 96.8 Å². The molecule has 30 nitrogen and oxygen atoms in total. The van der Waals surface area contributed by atoms with Crippen molar-refractivity contribution in [2.75, 3.05) is 185 Å². The van der Waals surface area contributed by atoms with Crippen LogP contribution in [0.2, 0.25) is 0 Å². The van der Waals surface area contributed by atoms with Gasteiger partial charge in [0.1, 0.15) is 31.3 Å². The molecule has 1 saturated carbocycles. The van der Waals surface area contributed by atoms with E-state index in [0.717, 1.165) is 16.3 Å². The second kappa shape index (κ2) is 52.3. The maximum Gasteiger partial charge on any atom is 0.326 e. The molecule has 0 aliphatic heterocycles. The topological polar surface area (TPSA) is 406 Å². The van der Waals surface area contributed by atoms with E-state index in [-0.39, 0.29) is 75.8 Å². The number of urea groups is 1. The number of unbranched alkanes of at least 4 members (excludes halogenated alkanes) is 1. The summed E-state index contributed by atoms with van der Waals surface area (Å²) in [5, 5.41) is 45.4. The summed E-state index contributed by atoms with van der Waals surface area (Å²) in [4.78, 5) is 98.8. The standard InChI is InChI=1S/C61H99N7O23/c62-16-19-80-21-23-82-25-27-84-29-31-86-33-35-88-37-39-90-40-38-89-36-34-87-32-30-85-28-26-83-24-22-81-20-18-63-54(69)44-91-45-55(70)65-43-46-8-12-49(13-9-46)57(73)66-53(42-47-10-11-48-5-1-2-6-50(48)41-47)58(74)64-17-4-3-7-51(59(75)76)67-61(79)68-52(60(77)78)14-15-56(71)72/h1-2,5-6,10-11,41,46,49,51-53H,3-4,7-9,12-40,42-45,62H2,(H,63,69)(H,64,74)(H,65,70)(H,66,73)(H,71,72)(H,75,76)(H,77,78)(H2,67,68,79)/t46?,49?,51-,52-,53-/m0/s1. The van der Waals surface area contributed by atoms with E-state index in [9.17, 15) is 48.6 Å². The van der Waals surface area contributed by atoms with Crippen LogP contribution in [0.15, 0.2) is 42.5 Å². The van der Waals surface area contributed by atoms with Gasteiger partial charge in [-0.2, -0.15) is 0 Å². The molecule has 11 N–H and O–H groups in total. The number of aliphatic carboxylic acids is 3. The van der Waals surface area contributed by atoms with Crippen molar-refractivity contribution in [2.45, 2.75) is 82.3 Å². The second-order valence-electron chi connectivity index (χ2n) is 21.0.